The minimum Gasteiger partial charge on any atom is -0.378 e. The lowest BCUT2D eigenvalue weighted by Crippen LogP contribution is -2.37. The number of carbonyl (C=O) groups is 1. The summed E-state index contributed by atoms with van der Waals surface area (Å²) in [4.78, 5) is 17.2. The molecule has 2 heterocycles. The van der Waals surface area contributed by atoms with Gasteiger partial charge < -0.3 is 14.5 Å². The highest BCUT2D eigenvalue weighted by molar-refractivity contribution is 6.30. The van der Waals surface area contributed by atoms with Crippen LogP contribution in [0.5, 0.6) is 0 Å². The van der Waals surface area contributed by atoms with Crippen LogP contribution >= 0.6 is 11.6 Å². The van der Waals surface area contributed by atoms with Crippen molar-refractivity contribution >= 4 is 29.0 Å². The average molecular weight is 439 g/mol. The molecule has 1 aromatic heterocycles. The summed E-state index contributed by atoms with van der Waals surface area (Å²) in [6, 6.07) is 15.7. The lowest BCUT2D eigenvalue weighted by Gasteiger charge is -2.27. The molecule has 1 saturated heterocycles. The molecular weight excluding hydrogens is 412 g/mol. The zero-order valence-corrected chi connectivity index (χ0v) is 18.7. The normalized spacial score (nSPS) is 14.0. The maximum Gasteiger partial charge on any atom is 0.248 e. The van der Waals surface area contributed by atoms with Crippen LogP contribution in [0.3, 0.4) is 0 Å². The summed E-state index contributed by atoms with van der Waals surface area (Å²) in [5.41, 5.74) is 4.05. The minimum atomic E-state index is 0.00628. The van der Waals surface area contributed by atoms with Crippen LogP contribution in [0.4, 0.5) is 11.5 Å². The maximum atomic E-state index is 13.1. The fourth-order valence-electron chi connectivity index (χ4n) is 3.86. The van der Waals surface area contributed by atoms with Gasteiger partial charge in [-0.3, -0.25) is 9.48 Å². The summed E-state index contributed by atoms with van der Waals surface area (Å²) >= 11 is 6.08. The SMILES string of the molecule is CCN(C(=O)Cn1cc(-c2ccc(Cl)cc2)c(N2CCOCC2)n1)c1cccc(C)c1. The second-order valence-electron chi connectivity index (χ2n) is 7.65. The van der Waals surface area contributed by atoms with E-state index in [0.29, 0.717) is 24.8 Å². The van der Waals surface area contributed by atoms with Gasteiger partial charge in [-0.2, -0.15) is 5.10 Å². The number of hydrogen-bond acceptors (Lipinski definition) is 4. The second kappa shape index (κ2) is 9.54. The number of ether oxygens (including phenoxy) is 1. The Hall–Kier alpha value is -2.83. The molecule has 0 aliphatic carbocycles. The van der Waals surface area contributed by atoms with E-state index in [-0.39, 0.29) is 12.5 Å². The van der Waals surface area contributed by atoms with Crippen LogP contribution in [0.15, 0.2) is 54.7 Å². The van der Waals surface area contributed by atoms with E-state index >= 15 is 0 Å². The minimum absolute atomic E-state index is 0.00628. The Bertz CT molecular complexity index is 1040. The Labute approximate surface area is 188 Å². The highest BCUT2D eigenvalue weighted by Crippen LogP contribution is 2.31. The molecule has 0 N–H and O–H groups in total. The predicted molar refractivity (Wildman–Crippen MR) is 125 cm³/mol. The molecule has 162 valence electrons. The summed E-state index contributed by atoms with van der Waals surface area (Å²) in [7, 11) is 0. The van der Waals surface area contributed by atoms with Gasteiger partial charge in [0, 0.05) is 42.1 Å². The van der Waals surface area contributed by atoms with Crippen molar-refractivity contribution in [3.63, 3.8) is 0 Å². The van der Waals surface area contributed by atoms with E-state index in [4.69, 9.17) is 21.4 Å². The van der Waals surface area contributed by atoms with E-state index in [1.54, 1.807) is 9.58 Å². The van der Waals surface area contributed by atoms with Crippen molar-refractivity contribution in [2.75, 3.05) is 42.6 Å². The van der Waals surface area contributed by atoms with Crippen LogP contribution in [-0.2, 0) is 16.1 Å². The van der Waals surface area contributed by atoms with Gasteiger partial charge in [-0.05, 0) is 49.2 Å². The number of nitrogens with zero attached hydrogens (tertiary/aromatic N) is 4. The summed E-state index contributed by atoms with van der Waals surface area (Å²) in [6.45, 7) is 7.68. The van der Waals surface area contributed by atoms with E-state index in [9.17, 15) is 4.79 Å². The van der Waals surface area contributed by atoms with Gasteiger partial charge in [0.1, 0.15) is 6.54 Å². The van der Waals surface area contributed by atoms with Crippen molar-refractivity contribution in [1.29, 1.82) is 0 Å². The topological polar surface area (TPSA) is 50.6 Å². The molecule has 31 heavy (non-hydrogen) atoms. The number of hydrogen-bond donors (Lipinski definition) is 0. The standard InChI is InChI=1S/C24H27ClN4O2/c1-3-29(21-6-4-5-18(2)15-21)23(30)17-28-16-22(19-7-9-20(25)10-8-19)24(26-28)27-11-13-31-14-12-27/h4-10,15-16H,3,11-14,17H2,1-2H3. The highest BCUT2D eigenvalue weighted by atomic mass is 35.5. The molecule has 0 unspecified atom stereocenters. The number of amides is 1. The zero-order chi connectivity index (χ0) is 21.8. The molecule has 2 aromatic carbocycles. The number of morpholine rings is 1. The van der Waals surface area contributed by atoms with Gasteiger partial charge >= 0.3 is 0 Å². The summed E-state index contributed by atoms with van der Waals surface area (Å²) in [5, 5.41) is 5.50. The number of benzene rings is 2. The Morgan fingerprint density at radius 2 is 1.90 bits per heavy atom. The molecule has 0 saturated carbocycles. The van der Waals surface area contributed by atoms with Crippen LogP contribution in [0, 0.1) is 6.92 Å². The van der Waals surface area contributed by atoms with Gasteiger partial charge in [-0.1, -0.05) is 35.9 Å². The third kappa shape index (κ3) is 4.92. The van der Waals surface area contributed by atoms with Crippen LogP contribution in [0.25, 0.3) is 11.1 Å². The third-order valence-corrected chi connectivity index (χ3v) is 5.69. The van der Waals surface area contributed by atoms with E-state index in [0.717, 1.165) is 41.3 Å². The number of likely N-dealkylation sites (N-methyl/N-ethyl adjacent to an activating group) is 1. The Kier molecular flexibility index (Phi) is 6.59. The first kappa shape index (κ1) is 21.4. The molecule has 1 fully saturated rings. The highest BCUT2D eigenvalue weighted by Gasteiger charge is 2.22. The number of anilines is 2. The van der Waals surface area contributed by atoms with Gasteiger partial charge in [-0.25, -0.2) is 0 Å². The summed E-state index contributed by atoms with van der Waals surface area (Å²) < 4.78 is 7.25. The summed E-state index contributed by atoms with van der Waals surface area (Å²) in [5.74, 6) is 0.879. The molecule has 3 aromatic rings. The van der Waals surface area contributed by atoms with E-state index in [2.05, 4.69) is 4.90 Å². The summed E-state index contributed by atoms with van der Waals surface area (Å²) in [6.07, 6.45) is 1.95. The average Bonchev–Trinajstić information content (AvgIpc) is 3.19. The first-order chi connectivity index (χ1) is 15.0. The van der Waals surface area contributed by atoms with Gasteiger partial charge in [0.25, 0.3) is 0 Å². The van der Waals surface area contributed by atoms with E-state index in [1.165, 1.54) is 0 Å². The Balaban J connectivity index is 1.63. The molecule has 1 aliphatic heterocycles. The van der Waals surface area contributed by atoms with Gasteiger partial charge in [0.2, 0.25) is 5.91 Å². The van der Waals surface area contributed by atoms with Crippen molar-refractivity contribution in [2.24, 2.45) is 0 Å². The van der Waals surface area contributed by atoms with Crippen molar-refractivity contribution in [3.8, 4) is 11.1 Å². The quantitative estimate of drug-likeness (QED) is 0.572. The molecule has 7 heteroatoms. The van der Waals surface area contributed by atoms with Crippen molar-refractivity contribution in [3.05, 3.63) is 65.3 Å². The van der Waals surface area contributed by atoms with Crippen molar-refractivity contribution in [1.82, 2.24) is 9.78 Å². The Morgan fingerprint density at radius 3 is 2.58 bits per heavy atom. The third-order valence-electron chi connectivity index (χ3n) is 5.44. The van der Waals surface area contributed by atoms with Crippen molar-refractivity contribution in [2.45, 2.75) is 20.4 Å². The van der Waals surface area contributed by atoms with E-state index in [1.807, 2.05) is 68.6 Å². The smallest absolute Gasteiger partial charge is 0.248 e. The molecule has 0 bridgehead atoms. The second-order valence-corrected chi connectivity index (χ2v) is 8.08. The molecule has 0 spiro atoms. The first-order valence-electron chi connectivity index (χ1n) is 10.6. The molecule has 4 rings (SSSR count). The predicted octanol–water partition coefficient (Wildman–Crippen LogP) is 4.40. The molecule has 1 aliphatic rings. The number of aryl methyl sites for hydroxylation is 1. The first-order valence-corrected chi connectivity index (χ1v) is 11.0. The van der Waals surface area contributed by atoms with E-state index < -0.39 is 0 Å². The number of aromatic nitrogens is 2. The van der Waals surface area contributed by atoms with Crippen LogP contribution in [-0.4, -0.2) is 48.5 Å². The lowest BCUT2D eigenvalue weighted by molar-refractivity contribution is -0.119. The van der Waals surface area contributed by atoms with Crippen LogP contribution in [0.1, 0.15) is 12.5 Å². The molecule has 6 nitrogen and oxygen atoms in total. The van der Waals surface area contributed by atoms with Gasteiger partial charge in [0.05, 0.1) is 13.2 Å². The zero-order valence-electron chi connectivity index (χ0n) is 17.9. The number of rotatable bonds is 6. The molecule has 0 atom stereocenters. The number of halogens is 1. The molecular formula is C24H27ClN4O2. The fourth-order valence-corrected chi connectivity index (χ4v) is 3.98. The lowest BCUT2D eigenvalue weighted by atomic mass is 10.1. The Morgan fingerprint density at radius 1 is 1.16 bits per heavy atom. The number of carbonyl (C=O) groups excluding carboxylic acids is 1. The largest absolute Gasteiger partial charge is 0.378 e. The maximum absolute atomic E-state index is 13.1. The monoisotopic (exact) mass is 438 g/mol. The van der Waals surface area contributed by atoms with Crippen molar-refractivity contribution < 1.29 is 9.53 Å². The molecule has 1 amide bonds. The van der Waals surface area contributed by atoms with Crippen LogP contribution in [0.2, 0.25) is 5.02 Å². The van der Waals surface area contributed by atoms with Gasteiger partial charge in [-0.15, -0.1) is 0 Å². The fraction of sp³-hybridized carbons (Fsp3) is 0.333. The van der Waals surface area contributed by atoms with Crippen LogP contribution < -0.4 is 9.80 Å². The van der Waals surface area contributed by atoms with Gasteiger partial charge in [0.15, 0.2) is 5.82 Å². The molecule has 0 radical (unpaired) electrons.